The van der Waals surface area contributed by atoms with Crippen LogP contribution in [0.1, 0.15) is 12.5 Å². The second-order valence-corrected chi connectivity index (χ2v) is 3.67. The van der Waals surface area contributed by atoms with Gasteiger partial charge in [-0.1, -0.05) is 36.0 Å². The van der Waals surface area contributed by atoms with Gasteiger partial charge in [-0.15, -0.1) is 0 Å². The van der Waals surface area contributed by atoms with Crippen molar-refractivity contribution in [2.45, 2.75) is 18.7 Å². The number of rotatable bonds is 2. The van der Waals surface area contributed by atoms with Gasteiger partial charge in [0.1, 0.15) is 0 Å². The number of benzene rings is 1. The van der Waals surface area contributed by atoms with Crippen LogP contribution >= 0.6 is 11.8 Å². The number of hydrogen-bond acceptors (Lipinski definition) is 2. The molecule has 0 radical (unpaired) electrons. The van der Waals surface area contributed by atoms with Crippen molar-refractivity contribution in [2.75, 3.05) is 0 Å². The first-order valence-electron chi connectivity index (χ1n) is 3.89. The first kappa shape index (κ1) is 9.20. The molecule has 0 saturated carbocycles. The van der Waals surface area contributed by atoms with E-state index >= 15 is 0 Å². The summed E-state index contributed by atoms with van der Waals surface area (Å²) in [6.45, 7) is 4.03. The molecule has 0 aliphatic carbocycles. The number of thioether (sulfide) groups is 1. The zero-order valence-electron chi connectivity index (χ0n) is 7.37. The topological polar surface area (TPSA) is 26.0 Å². The maximum atomic E-state index is 5.70. The SMILES string of the molecule is C/C=C(/N)Sc1ccccc1C. The summed E-state index contributed by atoms with van der Waals surface area (Å²) in [5.74, 6) is 0. The summed E-state index contributed by atoms with van der Waals surface area (Å²) in [5.41, 5.74) is 6.97. The lowest BCUT2D eigenvalue weighted by Crippen LogP contribution is -1.91. The molecule has 0 saturated heterocycles. The van der Waals surface area contributed by atoms with E-state index in [-0.39, 0.29) is 0 Å². The molecule has 0 unspecified atom stereocenters. The third-order valence-electron chi connectivity index (χ3n) is 1.61. The number of allylic oxidation sites excluding steroid dienone is 1. The van der Waals surface area contributed by atoms with Crippen LogP contribution in [0, 0.1) is 6.92 Å². The highest BCUT2D eigenvalue weighted by molar-refractivity contribution is 8.03. The second kappa shape index (κ2) is 4.21. The minimum absolute atomic E-state index is 0.851. The van der Waals surface area contributed by atoms with E-state index in [1.54, 1.807) is 11.8 Å². The summed E-state index contributed by atoms with van der Waals surface area (Å²) in [7, 11) is 0. The number of nitrogens with two attached hydrogens (primary N) is 1. The molecule has 0 amide bonds. The lowest BCUT2D eigenvalue weighted by molar-refractivity contribution is 1.30. The third kappa shape index (κ3) is 2.31. The fourth-order valence-electron chi connectivity index (χ4n) is 0.857. The van der Waals surface area contributed by atoms with Gasteiger partial charge >= 0.3 is 0 Å². The van der Waals surface area contributed by atoms with Crippen LogP contribution < -0.4 is 5.73 Å². The standard InChI is InChI=1S/C10H13NS/c1-3-10(11)12-9-7-5-4-6-8(9)2/h3-7H,11H2,1-2H3/b10-3-. The van der Waals surface area contributed by atoms with Crippen LogP contribution in [-0.2, 0) is 0 Å². The van der Waals surface area contributed by atoms with Gasteiger partial charge in [0.25, 0.3) is 0 Å². The molecule has 2 N–H and O–H groups in total. The summed E-state index contributed by atoms with van der Waals surface area (Å²) in [4.78, 5) is 1.23. The van der Waals surface area contributed by atoms with E-state index in [0.29, 0.717) is 0 Å². The largest absolute Gasteiger partial charge is 0.394 e. The molecule has 0 bridgehead atoms. The fourth-order valence-corrected chi connectivity index (χ4v) is 1.60. The van der Waals surface area contributed by atoms with E-state index in [2.05, 4.69) is 19.1 Å². The smallest absolute Gasteiger partial charge is 0.0660 e. The Hall–Kier alpha value is -0.890. The van der Waals surface area contributed by atoms with Crippen molar-refractivity contribution >= 4 is 11.8 Å². The minimum Gasteiger partial charge on any atom is -0.394 e. The van der Waals surface area contributed by atoms with Crippen molar-refractivity contribution in [3.05, 3.63) is 40.9 Å². The molecule has 2 heteroatoms. The van der Waals surface area contributed by atoms with Crippen LogP contribution in [0.3, 0.4) is 0 Å². The molecule has 1 nitrogen and oxygen atoms in total. The Balaban J connectivity index is 2.82. The Morgan fingerprint density at radius 2 is 2.08 bits per heavy atom. The summed E-state index contributed by atoms with van der Waals surface area (Å²) in [6, 6.07) is 8.23. The maximum Gasteiger partial charge on any atom is 0.0660 e. The summed E-state index contributed by atoms with van der Waals surface area (Å²) in [5, 5.41) is 0.851. The zero-order chi connectivity index (χ0) is 8.97. The van der Waals surface area contributed by atoms with Gasteiger partial charge in [0.15, 0.2) is 0 Å². The summed E-state index contributed by atoms with van der Waals surface area (Å²) < 4.78 is 0. The molecule has 0 heterocycles. The molecule has 0 aliphatic rings. The Labute approximate surface area is 77.7 Å². The van der Waals surface area contributed by atoms with Gasteiger partial charge in [-0.25, -0.2) is 0 Å². The van der Waals surface area contributed by atoms with Crippen LogP contribution in [0.15, 0.2) is 40.3 Å². The molecule has 0 spiro atoms. The first-order chi connectivity index (χ1) is 5.74. The number of hydrogen-bond donors (Lipinski definition) is 1. The predicted molar refractivity (Wildman–Crippen MR) is 55.0 cm³/mol. The van der Waals surface area contributed by atoms with Gasteiger partial charge < -0.3 is 5.73 Å². The van der Waals surface area contributed by atoms with E-state index < -0.39 is 0 Å². The highest BCUT2D eigenvalue weighted by Gasteiger charge is 1.97. The second-order valence-electron chi connectivity index (χ2n) is 2.56. The predicted octanol–water partition coefficient (Wildman–Crippen LogP) is 2.91. The van der Waals surface area contributed by atoms with Crippen molar-refractivity contribution in [3.63, 3.8) is 0 Å². The lowest BCUT2D eigenvalue weighted by Gasteiger charge is -2.03. The molecule has 64 valence electrons. The average molecular weight is 179 g/mol. The van der Waals surface area contributed by atoms with Gasteiger partial charge in [0.2, 0.25) is 0 Å². The van der Waals surface area contributed by atoms with Crippen molar-refractivity contribution in [3.8, 4) is 0 Å². The first-order valence-corrected chi connectivity index (χ1v) is 4.71. The quantitative estimate of drug-likeness (QED) is 0.706. The Morgan fingerprint density at radius 1 is 1.42 bits per heavy atom. The Bertz CT molecular complexity index is 292. The van der Waals surface area contributed by atoms with Gasteiger partial charge in [-0.05, 0) is 25.5 Å². The highest BCUT2D eigenvalue weighted by atomic mass is 32.2. The minimum atomic E-state index is 0.851. The van der Waals surface area contributed by atoms with E-state index in [1.807, 2.05) is 25.1 Å². The van der Waals surface area contributed by atoms with Gasteiger partial charge in [-0.2, -0.15) is 0 Å². The maximum absolute atomic E-state index is 5.70. The number of aryl methyl sites for hydroxylation is 1. The molecule has 0 atom stereocenters. The third-order valence-corrected chi connectivity index (χ3v) is 2.76. The van der Waals surface area contributed by atoms with Crippen molar-refractivity contribution in [1.29, 1.82) is 0 Å². The van der Waals surface area contributed by atoms with Crippen LogP contribution in [0.4, 0.5) is 0 Å². The molecule has 0 aromatic heterocycles. The van der Waals surface area contributed by atoms with E-state index in [1.165, 1.54) is 10.5 Å². The van der Waals surface area contributed by atoms with Gasteiger partial charge in [0.05, 0.1) is 5.03 Å². The fraction of sp³-hybridized carbons (Fsp3) is 0.200. The molecule has 0 aliphatic heterocycles. The van der Waals surface area contributed by atoms with Crippen molar-refractivity contribution in [2.24, 2.45) is 5.73 Å². The monoisotopic (exact) mass is 179 g/mol. The lowest BCUT2D eigenvalue weighted by atomic mass is 10.2. The van der Waals surface area contributed by atoms with Crippen molar-refractivity contribution in [1.82, 2.24) is 0 Å². The normalized spacial score (nSPS) is 11.7. The molecule has 1 aromatic rings. The molecule has 1 rings (SSSR count). The average Bonchev–Trinajstić information content (AvgIpc) is 2.09. The van der Waals surface area contributed by atoms with E-state index in [0.717, 1.165) is 5.03 Å². The molecular formula is C10H13NS. The summed E-state index contributed by atoms with van der Waals surface area (Å²) >= 11 is 1.61. The molecule has 1 aromatic carbocycles. The van der Waals surface area contributed by atoms with Crippen LogP contribution in [0.25, 0.3) is 0 Å². The van der Waals surface area contributed by atoms with Crippen molar-refractivity contribution < 1.29 is 0 Å². The van der Waals surface area contributed by atoms with E-state index in [9.17, 15) is 0 Å². The molecule has 12 heavy (non-hydrogen) atoms. The molecule has 0 fully saturated rings. The summed E-state index contributed by atoms with van der Waals surface area (Å²) in [6.07, 6.45) is 1.91. The van der Waals surface area contributed by atoms with Crippen LogP contribution in [0.5, 0.6) is 0 Å². The van der Waals surface area contributed by atoms with Crippen LogP contribution in [0.2, 0.25) is 0 Å². The Morgan fingerprint density at radius 3 is 2.67 bits per heavy atom. The Kier molecular flexibility index (Phi) is 3.23. The van der Waals surface area contributed by atoms with E-state index in [4.69, 9.17) is 5.73 Å². The zero-order valence-corrected chi connectivity index (χ0v) is 8.19. The van der Waals surface area contributed by atoms with Gasteiger partial charge in [0, 0.05) is 4.90 Å². The van der Waals surface area contributed by atoms with Gasteiger partial charge in [-0.3, -0.25) is 0 Å². The van der Waals surface area contributed by atoms with Crippen LogP contribution in [-0.4, -0.2) is 0 Å². The highest BCUT2D eigenvalue weighted by Crippen LogP contribution is 2.25. The molecular weight excluding hydrogens is 166 g/mol.